The van der Waals surface area contributed by atoms with Gasteiger partial charge in [-0.05, 0) is 36.1 Å². The van der Waals surface area contributed by atoms with Gasteiger partial charge in [-0.15, -0.1) is 11.3 Å². The largest absolute Gasteiger partial charge is 0.483 e. The number of ether oxygens (including phenoxy) is 1. The predicted octanol–water partition coefficient (Wildman–Crippen LogP) is 3.44. The fourth-order valence-electron chi connectivity index (χ4n) is 2.68. The molecule has 0 aliphatic rings. The third-order valence-electron chi connectivity index (χ3n) is 4.05. The van der Waals surface area contributed by atoms with Crippen molar-refractivity contribution in [1.29, 1.82) is 0 Å². The van der Waals surface area contributed by atoms with Crippen LogP contribution in [-0.4, -0.2) is 18.4 Å². The lowest BCUT2D eigenvalue weighted by molar-refractivity contribution is -0.123. The maximum Gasteiger partial charge on any atom is 0.258 e. The first-order chi connectivity index (χ1) is 13.0. The van der Waals surface area contributed by atoms with E-state index in [2.05, 4.69) is 5.32 Å². The number of hydrogen-bond acceptors (Lipinski definition) is 4. The molecule has 1 atom stereocenters. The molecule has 3 N–H and O–H groups in total. The summed E-state index contributed by atoms with van der Waals surface area (Å²) in [4.78, 5) is 25.0. The molecule has 5 nitrogen and oxygen atoms in total. The van der Waals surface area contributed by atoms with Crippen LogP contribution in [0.25, 0.3) is 0 Å². The first-order valence-electron chi connectivity index (χ1n) is 8.45. The number of thiophene rings is 1. The molecular formula is C21H20N2O3S. The molecule has 0 saturated heterocycles. The molecule has 3 rings (SSSR count). The summed E-state index contributed by atoms with van der Waals surface area (Å²) >= 11 is 1.58. The van der Waals surface area contributed by atoms with Crippen LogP contribution >= 0.6 is 11.3 Å². The van der Waals surface area contributed by atoms with Crippen molar-refractivity contribution < 1.29 is 14.3 Å². The molecule has 0 aliphatic carbocycles. The van der Waals surface area contributed by atoms with Crippen LogP contribution in [0.5, 0.6) is 5.75 Å². The summed E-state index contributed by atoms with van der Waals surface area (Å²) in [7, 11) is 0. The lowest BCUT2D eigenvalue weighted by Gasteiger charge is -2.19. The van der Waals surface area contributed by atoms with Crippen LogP contribution in [-0.2, 0) is 4.79 Å². The molecule has 138 valence electrons. The number of para-hydroxylation sites is 1. The van der Waals surface area contributed by atoms with Crippen LogP contribution in [0, 0.1) is 6.92 Å². The summed E-state index contributed by atoms with van der Waals surface area (Å²) in [5.74, 6) is -0.585. The Hall–Kier alpha value is -3.12. The average molecular weight is 380 g/mol. The SMILES string of the molecule is Cc1ccc([C@@H](NC(=O)COc2ccccc2C(N)=O)c2cccs2)cc1. The van der Waals surface area contributed by atoms with Gasteiger partial charge in [-0.2, -0.15) is 0 Å². The molecule has 0 unspecified atom stereocenters. The van der Waals surface area contributed by atoms with Gasteiger partial charge in [0.2, 0.25) is 0 Å². The molecule has 0 aliphatic heterocycles. The molecule has 0 spiro atoms. The highest BCUT2D eigenvalue weighted by molar-refractivity contribution is 7.10. The standard InChI is InChI=1S/C21H20N2O3S/c1-14-8-10-15(11-9-14)20(18-7-4-12-27-18)23-19(24)13-26-17-6-3-2-5-16(17)21(22)25/h2-12,20H,13H2,1H3,(H2,22,25)(H,23,24)/t20-/m1/s1. The maximum atomic E-state index is 12.5. The number of carbonyl (C=O) groups is 2. The Morgan fingerprint density at radius 1 is 1.07 bits per heavy atom. The van der Waals surface area contributed by atoms with Gasteiger partial charge in [0.25, 0.3) is 11.8 Å². The fourth-order valence-corrected chi connectivity index (χ4v) is 3.48. The highest BCUT2D eigenvalue weighted by Gasteiger charge is 2.18. The van der Waals surface area contributed by atoms with Gasteiger partial charge in [-0.1, -0.05) is 48.0 Å². The van der Waals surface area contributed by atoms with Crippen molar-refractivity contribution in [2.45, 2.75) is 13.0 Å². The van der Waals surface area contributed by atoms with Gasteiger partial charge < -0.3 is 15.8 Å². The van der Waals surface area contributed by atoms with Gasteiger partial charge >= 0.3 is 0 Å². The summed E-state index contributed by atoms with van der Waals surface area (Å²) in [5, 5.41) is 4.98. The van der Waals surface area contributed by atoms with Gasteiger partial charge in [0.15, 0.2) is 6.61 Å². The molecule has 0 radical (unpaired) electrons. The summed E-state index contributed by atoms with van der Waals surface area (Å²) < 4.78 is 5.52. The van der Waals surface area contributed by atoms with E-state index in [1.807, 2.05) is 48.7 Å². The summed E-state index contributed by atoms with van der Waals surface area (Å²) in [6.07, 6.45) is 0. The lowest BCUT2D eigenvalue weighted by atomic mass is 10.0. The molecule has 1 heterocycles. The highest BCUT2D eigenvalue weighted by Crippen LogP contribution is 2.26. The monoisotopic (exact) mass is 380 g/mol. The van der Waals surface area contributed by atoms with Crippen LogP contribution < -0.4 is 15.8 Å². The van der Waals surface area contributed by atoms with Crippen LogP contribution in [0.1, 0.15) is 32.4 Å². The van der Waals surface area contributed by atoms with Crippen molar-refractivity contribution in [3.05, 3.63) is 87.6 Å². The number of hydrogen-bond donors (Lipinski definition) is 2. The van der Waals surface area contributed by atoms with Gasteiger partial charge in [0, 0.05) is 4.88 Å². The van der Waals surface area contributed by atoms with Crippen LogP contribution in [0.3, 0.4) is 0 Å². The van der Waals surface area contributed by atoms with Gasteiger partial charge in [0.1, 0.15) is 5.75 Å². The maximum absolute atomic E-state index is 12.5. The number of nitrogens with two attached hydrogens (primary N) is 1. The van der Waals surface area contributed by atoms with E-state index in [9.17, 15) is 9.59 Å². The number of aryl methyl sites for hydroxylation is 1. The van der Waals surface area contributed by atoms with Crippen molar-refractivity contribution in [1.82, 2.24) is 5.32 Å². The minimum Gasteiger partial charge on any atom is -0.483 e. The zero-order valence-electron chi connectivity index (χ0n) is 14.8. The Balaban J connectivity index is 1.72. The molecule has 0 fully saturated rings. The van der Waals surface area contributed by atoms with Crippen LogP contribution in [0.15, 0.2) is 66.0 Å². The minimum absolute atomic E-state index is 0.210. The van der Waals surface area contributed by atoms with E-state index in [4.69, 9.17) is 10.5 Å². The molecule has 0 saturated carbocycles. The molecular weight excluding hydrogens is 360 g/mol. The molecule has 2 amide bonds. The van der Waals surface area contributed by atoms with E-state index >= 15 is 0 Å². The number of benzene rings is 2. The number of primary amides is 1. The van der Waals surface area contributed by atoms with E-state index in [0.717, 1.165) is 16.0 Å². The highest BCUT2D eigenvalue weighted by atomic mass is 32.1. The van der Waals surface area contributed by atoms with Crippen molar-refractivity contribution >= 4 is 23.2 Å². The topological polar surface area (TPSA) is 81.4 Å². The Morgan fingerprint density at radius 3 is 2.48 bits per heavy atom. The molecule has 27 heavy (non-hydrogen) atoms. The van der Waals surface area contributed by atoms with E-state index in [0.29, 0.717) is 5.75 Å². The van der Waals surface area contributed by atoms with Gasteiger partial charge in [-0.25, -0.2) is 0 Å². The zero-order valence-corrected chi connectivity index (χ0v) is 15.7. The molecule has 6 heteroatoms. The summed E-state index contributed by atoms with van der Waals surface area (Å²) in [5.41, 5.74) is 7.73. The first kappa shape index (κ1) is 18.7. The fraction of sp³-hybridized carbons (Fsp3) is 0.143. The smallest absolute Gasteiger partial charge is 0.258 e. The van der Waals surface area contributed by atoms with E-state index < -0.39 is 5.91 Å². The number of amides is 2. The molecule has 1 aromatic heterocycles. The predicted molar refractivity (Wildman–Crippen MR) is 106 cm³/mol. The van der Waals surface area contributed by atoms with Gasteiger partial charge in [0.05, 0.1) is 11.6 Å². The third kappa shape index (κ3) is 4.74. The minimum atomic E-state index is -0.595. The van der Waals surface area contributed by atoms with Crippen molar-refractivity contribution in [2.24, 2.45) is 5.73 Å². The van der Waals surface area contributed by atoms with E-state index in [1.54, 1.807) is 35.6 Å². The molecule has 2 aromatic carbocycles. The molecule has 3 aromatic rings. The zero-order chi connectivity index (χ0) is 19.2. The average Bonchev–Trinajstić information content (AvgIpc) is 3.20. The quantitative estimate of drug-likeness (QED) is 0.659. The number of rotatable bonds is 7. The normalized spacial score (nSPS) is 11.6. The number of carbonyl (C=O) groups excluding carboxylic acids is 2. The second-order valence-corrected chi connectivity index (χ2v) is 7.05. The van der Waals surface area contributed by atoms with E-state index in [-0.39, 0.29) is 24.1 Å². The Bertz CT molecular complexity index is 921. The first-order valence-corrected chi connectivity index (χ1v) is 9.33. The second kappa shape index (κ2) is 8.51. The van der Waals surface area contributed by atoms with Crippen molar-refractivity contribution in [3.63, 3.8) is 0 Å². The third-order valence-corrected chi connectivity index (χ3v) is 4.99. The second-order valence-electron chi connectivity index (χ2n) is 6.08. The lowest BCUT2D eigenvalue weighted by Crippen LogP contribution is -2.33. The molecule has 0 bridgehead atoms. The Labute approximate surface area is 161 Å². The van der Waals surface area contributed by atoms with Crippen molar-refractivity contribution in [3.8, 4) is 5.75 Å². The van der Waals surface area contributed by atoms with Crippen LogP contribution in [0.2, 0.25) is 0 Å². The Morgan fingerprint density at radius 2 is 1.81 bits per heavy atom. The Kier molecular flexibility index (Phi) is 5.88. The number of nitrogens with one attached hydrogen (secondary N) is 1. The van der Waals surface area contributed by atoms with Gasteiger partial charge in [-0.3, -0.25) is 9.59 Å². The van der Waals surface area contributed by atoms with Crippen molar-refractivity contribution in [2.75, 3.05) is 6.61 Å². The van der Waals surface area contributed by atoms with E-state index in [1.165, 1.54) is 0 Å². The van der Waals surface area contributed by atoms with Crippen LogP contribution in [0.4, 0.5) is 0 Å². The summed E-state index contributed by atoms with van der Waals surface area (Å²) in [6, 6.07) is 18.3. The summed E-state index contributed by atoms with van der Waals surface area (Å²) in [6.45, 7) is 1.81.